The van der Waals surface area contributed by atoms with Gasteiger partial charge in [-0.2, -0.15) is 0 Å². The fourth-order valence-electron chi connectivity index (χ4n) is 2.35. The van der Waals surface area contributed by atoms with E-state index in [-0.39, 0.29) is 10.7 Å². The number of imidazole rings is 1. The molecule has 0 unspecified atom stereocenters. The normalized spacial score (nSPS) is 11.8. The van der Waals surface area contributed by atoms with Crippen LogP contribution < -0.4 is 10.4 Å². The second-order valence-electron chi connectivity index (χ2n) is 5.44. The largest absolute Gasteiger partial charge is 0.332 e. The third-order valence-corrected chi connectivity index (χ3v) is 6.54. The number of sulfonamides is 1. The van der Waals surface area contributed by atoms with E-state index in [9.17, 15) is 13.2 Å². The van der Waals surface area contributed by atoms with Crippen LogP contribution in [0, 0.1) is 24.6 Å². The molecule has 9 heteroatoms. The van der Waals surface area contributed by atoms with Crippen molar-refractivity contribution >= 4 is 44.9 Å². The molecule has 2 aromatic heterocycles. The van der Waals surface area contributed by atoms with Gasteiger partial charge in [0.1, 0.15) is 15.2 Å². The molecule has 2 N–H and O–H groups in total. The highest BCUT2D eigenvalue weighted by molar-refractivity contribution is 7.92. The number of nitrogens with one attached hydrogen (secondary N) is 2. The zero-order chi connectivity index (χ0) is 17.6. The molecule has 0 aliphatic carbocycles. The van der Waals surface area contributed by atoms with Crippen molar-refractivity contribution in [1.82, 2.24) is 9.38 Å². The monoisotopic (exact) mass is 381 g/mol. The van der Waals surface area contributed by atoms with Crippen molar-refractivity contribution in [2.24, 2.45) is 0 Å². The van der Waals surface area contributed by atoms with Gasteiger partial charge in [0.25, 0.3) is 10.0 Å². The molecule has 0 radical (unpaired) electrons. The molecule has 0 aliphatic heterocycles. The predicted molar refractivity (Wildman–Crippen MR) is 98.2 cm³/mol. The first kappa shape index (κ1) is 16.9. The Kier molecular flexibility index (Phi) is 4.10. The van der Waals surface area contributed by atoms with Crippen LogP contribution in [-0.2, 0) is 10.0 Å². The Hall–Kier alpha value is -1.97. The van der Waals surface area contributed by atoms with Crippen molar-refractivity contribution < 1.29 is 8.42 Å². The number of nitrogens with zero attached hydrogens (tertiary/aromatic N) is 1. The number of aryl methyl sites for hydroxylation is 3. The average molecular weight is 382 g/mol. The Bertz CT molecular complexity index is 1150. The number of anilines is 1. The smallest absolute Gasteiger partial charge is 0.291 e. The molecule has 3 aromatic rings. The number of hydrogen-bond donors (Lipinski definition) is 2. The van der Waals surface area contributed by atoms with Gasteiger partial charge < -0.3 is 0 Å². The lowest BCUT2D eigenvalue weighted by atomic mass is 10.2. The van der Waals surface area contributed by atoms with Gasteiger partial charge in [0.15, 0.2) is 0 Å². The summed E-state index contributed by atoms with van der Waals surface area (Å²) in [5.41, 5.74) is 1.63. The number of fused-ring (bicyclic) bond motifs is 1. The van der Waals surface area contributed by atoms with E-state index in [2.05, 4.69) is 9.71 Å². The van der Waals surface area contributed by atoms with E-state index in [0.717, 1.165) is 16.1 Å². The van der Waals surface area contributed by atoms with Crippen molar-refractivity contribution in [3.05, 3.63) is 54.7 Å². The van der Waals surface area contributed by atoms with Crippen molar-refractivity contribution in [2.45, 2.75) is 25.7 Å². The van der Waals surface area contributed by atoms with E-state index in [1.54, 1.807) is 19.1 Å². The molecule has 24 heavy (non-hydrogen) atoms. The van der Waals surface area contributed by atoms with Gasteiger partial charge in [0, 0.05) is 10.6 Å². The zero-order valence-corrected chi connectivity index (χ0v) is 15.7. The highest BCUT2D eigenvalue weighted by Crippen LogP contribution is 2.25. The summed E-state index contributed by atoms with van der Waals surface area (Å²) in [4.78, 5) is 15.8. The first-order chi connectivity index (χ1) is 11.2. The van der Waals surface area contributed by atoms with Crippen molar-refractivity contribution in [3.8, 4) is 0 Å². The molecule has 0 spiro atoms. The third-order valence-electron chi connectivity index (χ3n) is 3.75. The minimum Gasteiger partial charge on any atom is -0.291 e. The quantitative estimate of drug-likeness (QED) is 0.683. The fourth-order valence-corrected chi connectivity index (χ4v) is 4.76. The van der Waals surface area contributed by atoms with Gasteiger partial charge in [-0.15, -0.1) is 11.3 Å². The second kappa shape index (κ2) is 5.83. The standard InChI is InChI=1S/C15H15N3O3S3/c1-8-4-6-11(7-5-8)24(20,21)17-13-12-14(22)23-10(3)9(2)18(12)15(19)16-13/h4-7,17H,1-3H3,(H,16,19). The molecule has 0 fully saturated rings. The van der Waals surface area contributed by atoms with Crippen LogP contribution in [-0.4, -0.2) is 17.8 Å². The molecular formula is C15H15N3O3S3. The average Bonchev–Trinajstić information content (AvgIpc) is 2.81. The summed E-state index contributed by atoms with van der Waals surface area (Å²) in [5.74, 6) is 0.0879. The molecule has 3 rings (SSSR count). The molecule has 1 aromatic carbocycles. The Morgan fingerprint density at radius 2 is 1.79 bits per heavy atom. The highest BCUT2D eigenvalue weighted by Gasteiger charge is 2.19. The lowest BCUT2D eigenvalue weighted by molar-refractivity contribution is 0.601. The summed E-state index contributed by atoms with van der Waals surface area (Å²) in [5, 5.41) is 0. The van der Waals surface area contributed by atoms with E-state index in [0.29, 0.717) is 9.34 Å². The SMILES string of the molecule is Cc1ccc(S(=O)(=O)Nc2[nH]c(=O)n3c(C)c(C)sc(=S)c23)cc1. The number of benzene rings is 1. The van der Waals surface area contributed by atoms with Gasteiger partial charge in [-0.25, -0.2) is 13.2 Å². The first-order valence-corrected chi connectivity index (χ1v) is 9.76. The maximum Gasteiger partial charge on any atom is 0.332 e. The molecule has 6 nitrogen and oxygen atoms in total. The number of hydrogen-bond acceptors (Lipinski definition) is 5. The summed E-state index contributed by atoms with van der Waals surface area (Å²) in [6.45, 7) is 5.53. The van der Waals surface area contributed by atoms with Crippen LogP contribution in [0.4, 0.5) is 5.82 Å². The summed E-state index contributed by atoms with van der Waals surface area (Å²) in [6.07, 6.45) is 0. The van der Waals surface area contributed by atoms with Gasteiger partial charge in [-0.05, 0) is 32.9 Å². The summed E-state index contributed by atoms with van der Waals surface area (Å²) in [7, 11) is -3.82. The second-order valence-corrected chi connectivity index (χ2v) is 9.01. The number of rotatable bonds is 3. The zero-order valence-electron chi connectivity index (χ0n) is 13.2. The molecule has 0 bridgehead atoms. The molecule has 126 valence electrons. The maximum atomic E-state index is 12.6. The Balaban J connectivity index is 2.18. The number of H-pyrrole nitrogens is 1. The minimum absolute atomic E-state index is 0.0879. The lowest BCUT2D eigenvalue weighted by Gasteiger charge is -2.08. The summed E-state index contributed by atoms with van der Waals surface area (Å²) < 4.78 is 29.4. The minimum atomic E-state index is -3.82. The Labute approximate surface area is 147 Å². The van der Waals surface area contributed by atoms with Crippen LogP contribution >= 0.6 is 23.6 Å². The maximum absolute atomic E-state index is 12.6. The molecule has 0 saturated carbocycles. The van der Waals surface area contributed by atoms with Crippen molar-refractivity contribution in [1.29, 1.82) is 0 Å². The Morgan fingerprint density at radius 3 is 2.42 bits per heavy atom. The van der Waals surface area contributed by atoms with E-state index in [4.69, 9.17) is 12.2 Å². The van der Waals surface area contributed by atoms with Crippen LogP contribution in [0.15, 0.2) is 34.0 Å². The lowest BCUT2D eigenvalue weighted by Crippen LogP contribution is -2.14. The van der Waals surface area contributed by atoms with Crippen LogP contribution in [0.2, 0.25) is 0 Å². The van der Waals surface area contributed by atoms with Gasteiger partial charge >= 0.3 is 5.69 Å². The molecule has 2 heterocycles. The highest BCUT2D eigenvalue weighted by atomic mass is 32.2. The summed E-state index contributed by atoms with van der Waals surface area (Å²) in [6, 6.07) is 6.45. The van der Waals surface area contributed by atoms with Gasteiger partial charge in [-0.1, -0.05) is 29.9 Å². The van der Waals surface area contributed by atoms with E-state index >= 15 is 0 Å². The fraction of sp³-hybridized carbons (Fsp3) is 0.200. The first-order valence-electron chi connectivity index (χ1n) is 7.05. The van der Waals surface area contributed by atoms with Crippen molar-refractivity contribution in [3.63, 3.8) is 0 Å². The molecule has 0 saturated heterocycles. The van der Waals surface area contributed by atoms with E-state index in [1.165, 1.54) is 27.9 Å². The van der Waals surface area contributed by atoms with Gasteiger partial charge in [0.2, 0.25) is 0 Å². The van der Waals surface area contributed by atoms with Crippen LogP contribution in [0.25, 0.3) is 5.52 Å². The van der Waals surface area contributed by atoms with E-state index in [1.807, 2.05) is 13.8 Å². The molecular weight excluding hydrogens is 366 g/mol. The van der Waals surface area contributed by atoms with Crippen LogP contribution in [0.3, 0.4) is 0 Å². The van der Waals surface area contributed by atoms with Gasteiger partial charge in [-0.3, -0.25) is 14.1 Å². The Morgan fingerprint density at radius 1 is 1.17 bits per heavy atom. The van der Waals surface area contributed by atoms with Gasteiger partial charge in [0.05, 0.1) is 4.90 Å². The number of aromatic nitrogens is 2. The van der Waals surface area contributed by atoms with E-state index < -0.39 is 15.7 Å². The van der Waals surface area contributed by atoms with Crippen molar-refractivity contribution in [2.75, 3.05) is 4.72 Å². The predicted octanol–water partition coefficient (Wildman–Crippen LogP) is 3.14. The third kappa shape index (κ3) is 2.79. The topological polar surface area (TPSA) is 83.4 Å². The molecule has 0 aliphatic rings. The van der Waals surface area contributed by atoms with Crippen LogP contribution in [0.1, 0.15) is 16.1 Å². The molecule has 0 amide bonds. The molecule has 0 atom stereocenters. The number of aromatic amines is 1. The summed E-state index contributed by atoms with van der Waals surface area (Å²) >= 11 is 6.67. The van der Waals surface area contributed by atoms with Crippen LogP contribution in [0.5, 0.6) is 0 Å².